The van der Waals surface area contributed by atoms with E-state index >= 15 is 0 Å². The molecule has 1 amide bonds. The molecule has 10 heteroatoms. The van der Waals surface area contributed by atoms with Crippen LogP contribution in [0.25, 0.3) is 5.76 Å². The number of hydrogen-bond donors (Lipinski definition) is 2. The predicted molar refractivity (Wildman–Crippen MR) is 137 cm³/mol. The highest BCUT2D eigenvalue weighted by Gasteiger charge is 2.46. The van der Waals surface area contributed by atoms with Gasteiger partial charge in [0, 0.05) is 6.54 Å². The van der Waals surface area contributed by atoms with Gasteiger partial charge in [0.1, 0.15) is 10.8 Å². The van der Waals surface area contributed by atoms with E-state index in [-0.39, 0.29) is 44.8 Å². The van der Waals surface area contributed by atoms with Gasteiger partial charge in [0.15, 0.2) is 11.5 Å². The topological polar surface area (TPSA) is 113 Å². The van der Waals surface area contributed by atoms with Crippen molar-refractivity contribution >= 4 is 46.6 Å². The quantitative estimate of drug-likeness (QED) is 0.236. The van der Waals surface area contributed by atoms with Crippen molar-refractivity contribution in [2.24, 2.45) is 0 Å². The largest absolute Gasteiger partial charge is 0.507 e. The van der Waals surface area contributed by atoms with Crippen LogP contribution >= 0.6 is 23.2 Å². The minimum absolute atomic E-state index is 0.0111. The van der Waals surface area contributed by atoms with E-state index in [1.807, 2.05) is 0 Å². The second-order valence-corrected chi connectivity index (χ2v) is 8.91. The highest BCUT2D eigenvalue weighted by Crippen LogP contribution is 2.47. The standard InChI is InChI=1S/C27H21Cl2NO7/c1-36-24-17(12-18(28)25(37-2)20(24)29)22(31)19-21(15-6-4-3-5-7-15)30(26(33)23(19)32)13-14-8-10-16(11-9-14)27(34)35/h3-12,21,31H,13H2,1-2H3,(H,34,35)/b22-19+. The fourth-order valence-electron chi connectivity index (χ4n) is 4.27. The molecule has 4 rings (SSSR count). The lowest BCUT2D eigenvalue weighted by molar-refractivity contribution is -0.140. The van der Waals surface area contributed by atoms with Gasteiger partial charge in [-0.15, -0.1) is 0 Å². The zero-order valence-electron chi connectivity index (χ0n) is 19.7. The lowest BCUT2D eigenvalue weighted by atomic mass is 9.94. The van der Waals surface area contributed by atoms with Gasteiger partial charge in [-0.25, -0.2) is 4.79 Å². The number of likely N-dealkylation sites (tertiary alicyclic amines) is 1. The van der Waals surface area contributed by atoms with Crippen molar-refractivity contribution in [1.29, 1.82) is 0 Å². The van der Waals surface area contributed by atoms with Crippen LogP contribution in [0.5, 0.6) is 11.5 Å². The molecule has 3 aromatic carbocycles. The molecule has 0 saturated carbocycles. The number of carboxylic acid groups (broad SMARTS) is 1. The van der Waals surface area contributed by atoms with E-state index in [4.69, 9.17) is 37.8 Å². The zero-order chi connectivity index (χ0) is 26.9. The van der Waals surface area contributed by atoms with Gasteiger partial charge in [0.05, 0.1) is 42.0 Å². The Morgan fingerprint density at radius 1 is 0.946 bits per heavy atom. The van der Waals surface area contributed by atoms with Gasteiger partial charge in [0.2, 0.25) is 0 Å². The average Bonchev–Trinajstić information content (AvgIpc) is 3.14. The molecular formula is C27H21Cl2NO7. The number of ketones is 1. The molecule has 1 saturated heterocycles. The summed E-state index contributed by atoms with van der Waals surface area (Å²) in [5.41, 5.74) is 1.11. The Kier molecular flexibility index (Phi) is 7.42. The molecule has 8 nitrogen and oxygen atoms in total. The number of hydrogen-bond acceptors (Lipinski definition) is 6. The SMILES string of the molecule is COc1c(Cl)cc(/C(O)=C2\C(=O)C(=O)N(Cc3ccc(C(=O)O)cc3)C2c2ccccc2)c(OC)c1Cl. The van der Waals surface area contributed by atoms with Crippen molar-refractivity contribution in [3.8, 4) is 11.5 Å². The minimum Gasteiger partial charge on any atom is -0.507 e. The van der Waals surface area contributed by atoms with Crippen LogP contribution in [-0.4, -0.2) is 47.0 Å². The molecule has 0 radical (unpaired) electrons. The highest BCUT2D eigenvalue weighted by molar-refractivity contribution is 6.47. The first-order valence-electron chi connectivity index (χ1n) is 11.0. The lowest BCUT2D eigenvalue weighted by Crippen LogP contribution is -2.29. The third kappa shape index (κ3) is 4.73. The number of rotatable bonds is 7. The van der Waals surface area contributed by atoms with Crippen LogP contribution < -0.4 is 9.47 Å². The van der Waals surface area contributed by atoms with E-state index in [0.717, 1.165) is 0 Å². The number of aliphatic hydroxyl groups excluding tert-OH is 1. The van der Waals surface area contributed by atoms with Gasteiger partial charge in [-0.2, -0.15) is 0 Å². The molecular weight excluding hydrogens is 521 g/mol. The Hall–Kier alpha value is -4.01. The molecule has 1 heterocycles. The molecule has 1 aliphatic heterocycles. The van der Waals surface area contributed by atoms with Gasteiger partial charge in [0.25, 0.3) is 11.7 Å². The second kappa shape index (κ2) is 10.5. The van der Waals surface area contributed by atoms with Crippen LogP contribution in [-0.2, 0) is 16.1 Å². The number of aliphatic hydroxyl groups is 1. The summed E-state index contributed by atoms with van der Waals surface area (Å²) < 4.78 is 10.6. The van der Waals surface area contributed by atoms with Crippen molar-refractivity contribution in [3.05, 3.63) is 98.5 Å². The number of carbonyl (C=O) groups is 3. The van der Waals surface area contributed by atoms with Crippen LogP contribution in [0.1, 0.15) is 33.1 Å². The molecule has 1 fully saturated rings. The fourth-order valence-corrected chi connectivity index (χ4v) is 4.95. The summed E-state index contributed by atoms with van der Waals surface area (Å²) in [6.07, 6.45) is 0. The van der Waals surface area contributed by atoms with Crippen LogP contribution in [0, 0.1) is 0 Å². The molecule has 0 bridgehead atoms. The van der Waals surface area contributed by atoms with Crippen molar-refractivity contribution in [1.82, 2.24) is 4.90 Å². The molecule has 1 aliphatic rings. The number of nitrogens with zero attached hydrogens (tertiary/aromatic N) is 1. The minimum atomic E-state index is -1.08. The third-order valence-corrected chi connectivity index (χ3v) is 6.63. The molecule has 3 aromatic rings. The van der Waals surface area contributed by atoms with Crippen LogP contribution in [0.15, 0.2) is 66.2 Å². The van der Waals surface area contributed by atoms with Crippen molar-refractivity contribution in [2.75, 3.05) is 14.2 Å². The Labute approximate surface area is 222 Å². The van der Waals surface area contributed by atoms with Gasteiger partial charge in [-0.1, -0.05) is 65.7 Å². The molecule has 37 heavy (non-hydrogen) atoms. The Balaban J connectivity index is 1.89. The molecule has 0 spiro atoms. The summed E-state index contributed by atoms with van der Waals surface area (Å²) in [4.78, 5) is 39.1. The van der Waals surface area contributed by atoms with Gasteiger partial charge in [-0.05, 0) is 29.3 Å². The molecule has 0 aliphatic carbocycles. The average molecular weight is 542 g/mol. The first-order valence-corrected chi connectivity index (χ1v) is 11.7. The number of Topliss-reactive ketones (excluding diaryl/α,β-unsaturated/α-hetero) is 1. The first kappa shape index (κ1) is 26.1. The maximum Gasteiger partial charge on any atom is 0.335 e. The molecule has 190 valence electrons. The van der Waals surface area contributed by atoms with Crippen LogP contribution in [0.4, 0.5) is 0 Å². The monoisotopic (exact) mass is 541 g/mol. The fraction of sp³-hybridized carbons (Fsp3) is 0.148. The first-order chi connectivity index (χ1) is 17.7. The maximum absolute atomic E-state index is 13.3. The van der Waals surface area contributed by atoms with Crippen molar-refractivity contribution < 1.29 is 34.1 Å². The molecule has 1 atom stereocenters. The van der Waals surface area contributed by atoms with Gasteiger partial charge < -0.3 is 24.6 Å². The summed E-state index contributed by atoms with van der Waals surface area (Å²) >= 11 is 12.7. The second-order valence-electron chi connectivity index (χ2n) is 8.13. The van der Waals surface area contributed by atoms with E-state index < -0.39 is 29.5 Å². The van der Waals surface area contributed by atoms with Gasteiger partial charge in [-0.3, -0.25) is 9.59 Å². The van der Waals surface area contributed by atoms with E-state index in [2.05, 4.69) is 0 Å². The number of ether oxygens (including phenoxy) is 2. The molecule has 2 N–H and O–H groups in total. The number of carbonyl (C=O) groups excluding carboxylic acids is 2. The van der Waals surface area contributed by atoms with E-state index in [1.165, 1.54) is 37.3 Å². The van der Waals surface area contributed by atoms with Crippen LogP contribution in [0.3, 0.4) is 0 Å². The third-order valence-electron chi connectivity index (χ3n) is 6.00. The molecule has 0 aromatic heterocycles. The Morgan fingerprint density at radius 2 is 1.57 bits per heavy atom. The Morgan fingerprint density at radius 3 is 2.14 bits per heavy atom. The number of methoxy groups -OCH3 is 2. The smallest absolute Gasteiger partial charge is 0.335 e. The van der Waals surface area contributed by atoms with Crippen LogP contribution in [0.2, 0.25) is 10.0 Å². The predicted octanol–water partition coefficient (Wildman–Crippen LogP) is 5.33. The summed E-state index contributed by atoms with van der Waals surface area (Å²) in [5.74, 6) is -3.19. The van der Waals surface area contributed by atoms with E-state index in [0.29, 0.717) is 11.1 Å². The lowest BCUT2D eigenvalue weighted by Gasteiger charge is -2.25. The maximum atomic E-state index is 13.3. The highest BCUT2D eigenvalue weighted by atomic mass is 35.5. The summed E-state index contributed by atoms with van der Waals surface area (Å²) in [6, 6.07) is 15.1. The number of benzene rings is 3. The summed E-state index contributed by atoms with van der Waals surface area (Å²) in [5, 5.41) is 20.6. The Bertz CT molecular complexity index is 1420. The van der Waals surface area contributed by atoms with E-state index in [9.17, 15) is 19.5 Å². The number of aromatic carboxylic acids is 1. The normalized spacial score (nSPS) is 16.6. The summed E-state index contributed by atoms with van der Waals surface area (Å²) in [7, 11) is 2.70. The van der Waals surface area contributed by atoms with E-state index in [1.54, 1.807) is 42.5 Å². The number of amides is 1. The number of halogens is 2. The number of carboxylic acids is 1. The van der Waals surface area contributed by atoms with Gasteiger partial charge >= 0.3 is 5.97 Å². The summed E-state index contributed by atoms with van der Waals surface area (Å²) in [6.45, 7) is -0.0118. The van der Waals surface area contributed by atoms with Crippen molar-refractivity contribution in [2.45, 2.75) is 12.6 Å². The van der Waals surface area contributed by atoms with Crippen molar-refractivity contribution in [3.63, 3.8) is 0 Å². The molecule has 1 unspecified atom stereocenters. The zero-order valence-corrected chi connectivity index (χ0v) is 21.2.